The maximum absolute atomic E-state index is 8.90. The van der Waals surface area contributed by atoms with E-state index in [1.165, 1.54) is 19.5 Å². The lowest BCUT2D eigenvalue weighted by Gasteiger charge is -2.08. The highest BCUT2D eigenvalue weighted by molar-refractivity contribution is 6.29. The molecule has 19 heavy (non-hydrogen) atoms. The SMILES string of the molecule is COc1cc(C#N)cc(OCc2cnc(Cl)cn2)c1. The van der Waals surface area contributed by atoms with Gasteiger partial charge in [0.05, 0.1) is 36.8 Å². The molecule has 1 aromatic heterocycles. The van der Waals surface area contributed by atoms with E-state index >= 15 is 0 Å². The zero-order valence-corrected chi connectivity index (χ0v) is 10.9. The van der Waals surface area contributed by atoms with E-state index < -0.39 is 0 Å². The first-order valence-corrected chi connectivity index (χ1v) is 5.77. The van der Waals surface area contributed by atoms with Gasteiger partial charge < -0.3 is 9.47 Å². The van der Waals surface area contributed by atoms with Crippen LogP contribution in [0.25, 0.3) is 0 Å². The van der Waals surface area contributed by atoms with E-state index in [4.69, 9.17) is 26.3 Å². The first kappa shape index (κ1) is 13.1. The molecular weight excluding hydrogens is 266 g/mol. The van der Waals surface area contributed by atoms with Gasteiger partial charge in [0, 0.05) is 6.07 Å². The van der Waals surface area contributed by atoms with Crippen molar-refractivity contribution in [2.45, 2.75) is 6.61 Å². The molecule has 0 spiro atoms. The summed E-state index contributed by atoms with van der Waals surface area (Å²) in [4.78, 5) is 7.97. The Hall–Kier alpha value is -2.32. The minimum absolute atomic E-state index is 0.238. The Labute approximate surface area is 115 Å². The van der Waals surface area contributed by atoms with Crippen LogP contribution in [0.1, 0.15) is 11.3 Å². The van der Waals surface area contributed by atoms with Crippen LogP contribution in [0.3, 0.4) is 0 Å². The van der Waals surface area contributed by atoms with Crippen molar-refractivity contribution in [1.29, 1.82) is 5.26 Å². The Morgan fingerprint density at radius 1 is 1.21 bits per heavy atom. The van der Waals surface area contributed by atoms with Crippen LogP contribution in [0.5, 0.6) is 11.5 Å². The molecule has 2 aromatic rings. The predicted molar refractivity (Wildman–Crippen MR) is 69.1 cm³/mol. The van der Waals surface area contributed by atoms with Crippen LogP contribution < -0.4 is 9.47 Å². The van der Waals surface area contributed by atoms with Crippen LogP contribution in [0.4, 0.5) is 0 Å². The fraction of sp³-hybridized carbons (Fsp3) is 0.154. The zero-order valence-electron chi connectivity index (χ0n) is 10.1. The van der Waals surface area contributed by atoms with E-state index in [1.54, 1.807) is 18.2 Å². The topological polar surface area (TPSA) is 68.0 Å². The standard InChI is InChI=1S/C13H10ClN3O2/c1-18-11-2-9(5-15)3-12(4-11)19-8-10-6-17-13(14)7-16-10/h2-4,6-7H,8H2,1H3. The minimum Gasteiger partial charge on any atom is -0.497 e. The molecule has 2 rings (SSSR count). The van der Waals surface area contributed by atoms with Gasteiger partial charge in [0.1, 0.15) is 23.3 Å². The molecule has 0 atom stereocenters. The summed E-state index contributed by atoms with van der Waals surface area (Å²) < 4.78 is 10.6. The Kier molecular flexibility index (Phi) is 4.16. The van der Waals surface area contributed by atoms with E-state index in [9.17, 15) is 0 Å². The van der Waals surface area contributed by atoms with Crippen LogP contribution in [0, 0.1) is 11.3 Å². The molecular formula is C13H10ClN3O2. The molecule has 0 radical (unpaired) electrons. The van der Waals surface area contributed by atoms with Crippen LogP contribution in [-0.4, -0.2) is 17.1 Å². The number of halogens is 1. The summed E-state index contributed by atoms with van der Waals surface area (Å²) in [6.45, 7) is 0.238. The molecule has 96 valence electrons. The summed E-state index contributed by atoms with van der Waals surface area (Å²) in [5.41, 5.74) is 1.11. The highest BCUT2D eigenvalue weighted by Gasteiger charge is 2.03. The van der Waals surface area contributed by atoms with Crippen LogP contribution in [0.15, 0.2) is 30.6 Å². The fourth-order valence-corrected chi connectivity index (χ4v) is 1.51. The second kappa shape index (κ2) is 6.03. The van der Waals surface area contributed by atoms with Crippen molar-refractivity contribution in [3.8, 4) is 17.6 Å². The van der Waals surface area contributed by atoms with E-state index in [0.717, 1.165) is 0 Å². The van der Waals surface area contributed by atoms with Crippen molar-refractivity contribution in [2.75, 3.05) is 7.11 Å². The summed E-state index contributed by atoms with van der Waals surface area (Å²) in [6, 6.07) is 7.01. The monoisotopic (exact) mass is 275 g/mol. The Bertz CT molecular complexity index is 608. The quantitative estimate of drug-likeness (QED) is 0.858. The van der Waals surface area contributed by atoms with Gasteiger partial charge in [-0.25, -0.2) is 4.98 Å². The van der Waals surface area contributed by atoms with Crippen molar-refractivity contribution in [1.82, 2.24) is 9.97 Å². The first-order valence-electron chi connectivity index (χ1n) is 5.39. The van der Waals surface area contributed by atoms with Gasteiger partial charge in [-0.3, -0.25) is 4.98 Å². The third-order valence-corrected chi connectivity index (χ3v) is 2.50. The molecule has 0 aliphatic rings. The van der Waals surface area contributed by atoms with Crippen molar-refractivity contribution < 1.29 is 9.47 Å². The highest BCUT2D eigenvalue weighted by atomic mass is 35.5. The van der Waals surface area contributed by atoms with E-state index in [0.29, 0.717) is 27.9 Å². The Morgan fingerprint density at radius 3 is 2.63 bits per heavy atom. The smallest absolute Gasteiger partial charge is 0.147 e. The van der Waals surface area contributed by atoms with E-state index in [2.05, 4.69) is 9.97 Å². The van der Waals surface area contributed by atoms with Crippen molar-refractivity contribution in [2.24, 2.45) is 0 Å². The van der Waals surface area contributed by atoms with Crippen LogP contribution in [0.2, 0.25) is 5.15 Å². The van der Waals surface area contributed by atoms with Crippen molar-refractivity contribution in [3.05, 3.63) is 47.0 Å². The van der Waals surface area contributed by atoms with E-state index in [1.807, 2.05) is 6.07 Å². The Morgan fingerprint density at radius 2 is 2.00 bits per heavy atom. The second-order valence-electron chi connectivity index (χ2n) is 3.63. The first-order chi connectivity index (χ1) is 9.21. The second-order valence-corrected chi connectivity index (χ2v) is 4.02. The molecule has 1 heterocycles. The molecule has 0 amide bonds. The molecule has 0 bridgehead atoms. The molecule has 0 N–H and O–H groups in total. The van der Waals surface area contributed by atoms with Crippen LogP contribution >= 0.6 is 11.6 Å². The molecule has 6 heteroatoms. The van der Waals surface area contributed by atoms with Crippen molar-refractivity contribution in [3.63, 3.8) is 0 Å². The molecule has 0 fully saturated rings. The number of hydrogen-bond donors (Lipinski definition) is 0. The average molecular weight is 276 g/mol. The molecule has 0 saturated heterocycles. The maximum atomic E-state index is 8.90. The summed E-state index contributed by atoms with van der Waals surface area (Å²) in [7, 11) is 1.53. The summed E-state index contributed by atoms with van der Waals surface area (Å²) in [5, 5.41) is 9.23. The summed E-state index contributed by atoms with van der Waals surface area (Å²) >= 11 is 5.64. The van der Waals surface area contributed by atoms with Gasteiger partial charge >= 0.3 is 0 Å². The molecule has 0 aliphatic heterocycles. The molecule has 0 saturated carbocycles. The number of ether oxygens (including phenoxy) is 2. The molecule has 5 nitrogen and oxygen atoms in total. The largest absolute Gasteiger partial charge is 0.497 e. The number of methoxy groups -OCH3 is 1. The van der Waals surface area contributed by atoms with Crippen LogP contribution in [-0.2, 0) is 6.61 Å². The highest BCUT2D eigenvalue weighted by Crippen LogP contribution is 2.22. The van der Waals surface area contributed by atoms with Gasteiger partial charge in [0.2, 0.25) is 0 Å². The lowest BCUT2D eigenvalue weighted by atomic mass is 10.2. The number of benzene rings is 1. The lowest BCUT2D eigenvalue weighted by Crippen LogP contribution is -1.99. The van der Waals surface area contributed by atoms with Gasteiger partial charge in [0.15, 0.2) is 0 Å². The van der Waals surface area contributed by atoms with Gasteiger partial charge in [-0.15, -0.1) is 0 Å². The predicted octanol–water partition coefficient (Wildman–Crippen LogP) is 2.59. The lowest BCUT2D eigenvalue weighted by molar-refractivity contribution is 0.298. The summed E-state index contributed by atoms with van der Waals surface area (Å²) in [6.07, 6.45) is 2.99. The van der Waals surface area contributed by atoms with Gasteiger partial charge in [-0.2, -0.15) is 5.26 Å². The molecule has 0 aliphatic carbocycles. The normalized spacial score (nSPS) is 9.74. The van der Waals surface area contributed by atoms with Gasteiger partial charge in [-0.1, -0.05) is 11.6 Å². The third kappa shape index (κ3) is 3.57. The third-order valence-electron chi connectivity index (χ3n) is 2.31. The fourth-order valence-electron chi connectivity index (χ4n) is 1.41. The van der Waals surface area contributed by atoms with Gasteiger partial charge in [0.25, 0.3) is 0 Å². The maximum Gasteiger partial charge on any atom is 0.147 e. The zero-order chi connectivity index (χ0) is 13.7. The molecule has 1 aromatic carbocycles. The number of nitriles is 1. The number of nitrogens with zero attached hydrogens (tertiary/aromatic N) is 3. The average Bonchev–Trinajstić information content (AvgIpc) is 2.46. The Balaban J connectivity index is 2.11. The number of hydrogen-bond acceptors (Lipinski definition) is 5. The number of aromatic nitrogens is 2. The van der Waals surface area contributed by atoms with Crippen molar-refractivity contribution >= 4 is 11.6 Å². The molecule has 0 unspecified atom stereocenters. The van der Waals surface area contributed by atoms with Gasteiger partial charge in [-0.05, 0) is 12.1 Å². The minimum atomic E-state index is 0.238. The summed E-state index contributed by atoms with van der Waals surface area (Å²) in [5.74, 6) is 1.10. The number of rotatable bonds is 4. The van der Waals surface area contributed by atoms with E-state index in [-0.39, 0.29) is 6.61 Å².